The summed E-state index contributed by atoms with van der Waals surface area (Å²) < 4.78 is 30.8. The van der Waals surface area contributed by atoms with Crippen LogP contribution in [0, 0.1) is 56.7 Å². The lowest BCUT2D eigenvalue weighted by Gasteiger charge is -2.73. The molecule has 6 fully saturated rings. The molecule has 6 aliphatic rings. The minimum Gasteiger partial charge on any atom is -0.481 e. The van der Waals surface area contributed by atoms with Crippen molar-refractivity contribution in [3.63, 3.8) is 0 Å². The van der Waals surface area contributed by atoms with Gasteiger partial charge in [0.15, 0.2) is 9.84 Å². The number of carboxylic acid groups (broad SMARTS) is 1. The Hall–Kier alpha value is -1.49. The van der Waals surface area contributed by atoms with Crippen molar-refractivity contribution in [1.82, 2.24) is 10.2 Å². The standard InChI is InChI=1S/C44H74N2O7S/c1-28(2)30-13-18-44(45-27-32(29(3)47)46-21-23-54(51,52)24-22-46)20-19-42(9)31(38(30)44)11-12-34-41(8)16-15-35(40(6,7)33(41)14-17-43(34,42)10)53-37(50)26-39(4,5)25-36(48)49/h29-35,38,45,47H,1,11-27H2,2-10H3,(H,48,49)/t29?,30-,31+,32?,33-,34+,35-,38+,41-,42+,43+,44-/m0/s1. The van der Waals surface area contributed by atoms with E-state index in [2.05, 4.69) is 58.3 Å². The Morgan fingerprint density at radius 2 is 1.57 bits per heavy atom. The van der Waals surface area contributed by atoms with E-state index in [1.807, 2.05) is 20.8 Å². The van der Waals surface area contributed by atoms with Gasteiger partial charge in [0.25, 0.3) is 0 Å². The van der Waals surface area contributed by atoms with E-state index in [4.69, 9.17) is 4.74 Å². The molecule has 0 amide bonds. The van der Waals surface area contributed by atoms with Crippen molar-refractivity contribution in [2.75, 3.05) is 31.1 Å². The summed E-state index contributed by atoms with van der Waals surface area (Å²) in [6.07, 6.45) is 10.5. The van der Waals surface area contributed by atoms with Crippen molar-refractivity contribution in [3.8, 4) is 0 Å². The predicted octanol–water partition coefficient (Wildman–Crippen LogP) is 7.27. The Balaban J connectivity index is 1.22. The summed E-state index contributed by atoms with van der Waals surface area (Å²) >= 11 is 0. The normalized spacial score (nSPS) is 42.7. The number of carboxylic acids is 1. The zero-order valence-corrected chi connectivity index (χ0v) is 36.0. The first-order chi connectivity index (χ1) is 24.9. The van der Waals surface area contributed by atoms with Crippen LogP contribution in [0.4, 0.5) is 0 Å². The molecule has 5 aliphatic carbocycles. The Morgan fingerprint density at radius 1 is 0.907 bits per heavy atom. The van der Waals surface area contributed by atoms with Gasteiger partial charge in [-0.15, -0.1) is 0 Å². The van der Waals surface area contributed by atoms with Crippen molar-refractivity contribution in [2.45, 2.75) is 163 Å². The van der Waals surface area contributed by atoms with E-state index in [0.29, 0.717) is 49.2 Å². The molecule has 0 aromatic rings. The number of sulfone groups is 1. The molecule has 0 aromatic carbocycles. The van der Waals surface area contributed by atoms with Gasteiger partial charge in [0.2, 0.25) is 0 Å². The van der Waals surface area contributed by atoms with E-state index in [0.717, 1.165) is 38.5 Å². The molecule has 0 spiro atoms. The lowest BCUT2D eigenvalue weighted by molar-refractivity contribution is -0.246. The Morgan fingerprint density at radius 3 is 2.19 bits per heavy atom. The van der Waals surface area contributed by atoms with Gasteiger partial charge in [-0.3, -0.25) is 14.5 Å². The van der Waals surface area contributed by atoms with Crippen LogP contribution < -0.4 is 5.32 Å². The van der Waals surface area contributed by atoms with Crippen LogP contribution in [0.15, 0.2) is 12.2 Å². The zero-order chi connectivity index (χ0) is 39.9. The van der Waals surface area contributed by atoms with Crippen LogP contribution in [0.2, 0.25) is 0 Å². The molecular weight excluding hydrogens is 701 g/mol. The van der Waals surface area contributed by atoms with E-state index in [9.17, 15) is 28.2 Å². The maximum Gasteiger partial charge on any atom is 0.306 e. The number of aliphatic hydroxyl groups excluding tert-OH is 1. The molecule has 5 saturated carbocycles. The highest BCUT2D eigenvalue weighted by atomic mass is 32.2. The van der Waals surface area contributed by atoms with Gasteiger partial charge in [0.1, 0.15) is 6.10 Å². The molecule has 0 bridgehead atoms. The van der Waals surface area contributed by atoms with E-state index in [-0.39, 0.29) is 69.7 Å². The molecule has 10 heteroatoms. The maximum absolute atomic E-state index is 13.3. The maximum atomic E-state index is 13.3. The molecule has 0 aromatic heterocycles. The molecule has 12 atom stereocenters. The van der Waals surface area contributed by atoms with Crippen LogP contribution in [0.5, 0.6) is 0 Å². The molecule has 3 N–H and O–H groups in total. The lowest BCUT2D eigenvalue weighted by Crippen LogP contribution is -2.69. The average Bonchev–Trinajstić information content (AvgIpc) is 3.42. The van der Waals surface area contributed by atoms with Crippen molar-refractivity contribution in [2.24, 2.45) is 56.7 Å². The second kappa shape index (κ2) is 14.4. The van der Waals surface area contributed by atoms with Crippen LogP contribution in [-0.4, -0.2) is 90.4 Å². The van der Waals surface area contributed by atoms with E-state index in [1.54, 1.807) is 0 Å². The third kappa shape index (κ3) is 7.16. The molecule has 308 valence electrons. The van der Waals surface area contributed by atoms with Crippen molar-refractivity contribution in [3.05, 3.63) is 12.2 Å². The van der Waals surface area contributed by atoms with Crippen LogP contribution in [0.3, 0.4) is 0 Å². The summed E-state index contributed by atoms with van der Waals surface area (Å²) in [4.78, 5) is 26.9. The number of nitrogens with one attached hydrogen (secondary N) is 1. The molecule has 1 heterocycles. The largest absolute Gasteiger partial charge is 0.481 e. The van der Waals surface area contributed by atoms with Gasteiger partial charge in [0.05, 0.1) is 30.5 Å². The second-order valence-corrected chi connectivity index (χ2v) is 23.8. The fourth-order valence-corrected chi connectivity index (χ4v) is 15.9. The third-order valence-corrected chi connectivity index (χ3v) is 19.2. The first-order valence-corrected chi connectivity index (χ1v) is 23.2. The fourth-order valence-electron chi connectivity index (χ4n) is 14.7. The Labute approximate surface area is 327 Å². The Kier molecular flexibility index (Phi) is 11.2. The minimum absolute atomic E-state index is 0.0178. The molecular formula is C44H74N2O7S. The minimum atomic E-state index is -3.00. The number of aliphatic carboxylic acids is 1. The topological polar surface area (TPSA) is 133 Å². The van der Waals surface area contributed by atoms with Gasteiger partial charge in [0, 0.05) is 36.6 Å². The number of carbonyl (C=O) groups excluding carboxylic acids is 1. The lowest BCUT2D eigenvalue weighted by atomic mass is 9.32. The fraction of sp³-hybridized carbons (Fsp3) is 0.909. The van der Waals surface area contributed by atoms with E-state index >= 15 is 0 Å². The van der Waals surface area contributed by atoms with Crippen molar-refractivity contribution in [1.29, 1.82) is 0 Å². The summed E-state index contributed by atoms with van der Waals surface area (Å²) in [6, 6.07) is -0.120. The van der Waals surface area contributed by atoms with Gasteiger partial charge in [-0.25, -0.2) is 8.42 Å². The van der Waals surface area contributed by atoms with Gasteiger partial charge < -0.3 is 20.3 Å². The monoisotopic (exact) mass is 775 g/mol. The zero-order valence-electron chi connectivity index (χ0n) is 35.1. The summed E-state index contributed by atoms with van der Waals surface area (Å²) in [5, 5.41) is 24.5. The molecule has 6 rings (SSSR count). The smallest absolute Gasteiger partial charge is 0.306 e. The number of fused-ring (bicyclic) bond motifs is 7. The first-order valence-electron chi connectivity index (χ1n) is 21.4. The van der Waals surface area contributed by atoms with Crippen LogP contribution in [0.25, 0.3) is 0 Å². The first kappa shape index (κ1) is 42.1. The second-order valence-electron chi connectivity index (χ2n) is 21.5. The SMILES string of the molecule is C=C(C)[C@@H]1CC[C@]2(NCC(C(C)O)N3CCS(=O)(=O)CC3)CC[C@]3(C)[C@H](CC[C@@H]4[C@@]5(C)CC[C@H](OC(=O)CC(C)(C)CC(=O)O)C(C)(C)[C@@H]5CC[C@]43C)[C@@H]12. The van der Waals surface area contributed by atoms with E-state index < -0.39 is 27.3 Å². The molecule has 0 radical (unpaired) electrons. The van der Waals surface area contributed by atoms with Crippen molar-refractivity contribution < 1.29 is 33.0 Å². The molecule has 1 aliphatic heterocycles. The highest BCUT2D eigenvalue weighted by molar-refractivity contribution is 7.91. The van der Waals surface area contributed by atoms with Gasteiger partial charge in [-0.05, 0) is 129 Å². The highest BCUT2D eigenvalue weighted by Crippen LogP contribution is 2.76. The summed E-state index contributed by atoms with van der Waals surface area (Å²) in [7, 11) is -3.00. The number of aliphatic hydroxyl groups is 1. The number of hydrogen-bond donors (Lipinski definition) is 3. The molecule has 2 unspecified atom stereocenters. The van der Waals surface area contributed by atoms with Crippen LogP contribution >= 0.6 is 0 Å². The number of hydrogen-bond acceptors (Lipinski definition) is 8. The number of rotatable bonds is 11. The van der Waals surface area contributed by atoms with E-state index in [1.165, 1.54) is 31.3 Å². The number of ether oxygens (including phenoxy) is 1. The van der Waals surface area contributed by atoms with Gasteiger partial charge in [-0.1, -0.05) is 60.6 Å². The molecule has 1 saturated heterocycles. The van der Waals surface area contributed by atoms with Crippen molar-refractivity contribution >= 4 is 21.8 Å². The summed E-state index contributed by atoms with van der Waals surface area (Å²) in [5.41, 5.74) is 0.937. The Bertz CT molecular complexity index is 1560. The van der Waals surface area contributed by atoms with Crippen LogP contribution in [0.1, 0.15) is 139 Å². The average molecular weight is 775 g/mol. The number of nitrogens with zero attached hydrogens (tertiary/aromatic N) is 1. The number of esters is 1. The molecule has 54 heavy (non-hydrogen) atoms. The number of carbonyl (C=O) groups is 2. The summed E-state index contributed by atoms with van der Waals surface area (Å²) in [5.74, 6) is 1.68. The third-order valence-electron chi connectivity index (χ3n) is 17.6. The van der Waals surface area contributed by atoms with Crippen LogP contribution in [-0.2, 0) is 24.2 Å². The molecule has 9 nitrogen and oxygen atoms in total. The predicted molar refractivity (Wildman–Crippen MR) is 213 cm³/mol. The summed E-state index contributed by atoms with van der Waals surface area (Å²) in [6.45, 7) is 26.5. The highest BCUT2D eigenvalue weighted by Gasteiger charge is 2.71. The quantitative estimate of drug-likeness (QED) is 0.147. The van der Waals surface area contributed by atoms with Gasteiger partial charge >= 0.3 is 11.9 Å². The number of allylic oxidation sites excluding steroid dienone is 1. The van der Waals surface area contributed by atoms with Gasteiger partial charge in [-0.2, -0.15) is 0 Å².